The molecule has 5 heteroatoms. The first kappa shape index (κ1) is 9.48. The molecule has 5 nitrogen and oxygen atoms in total. The molecule has 1 fully saturated rings. The number of rotatable bonds is 4. The van der Waals surface area contributed by atoms with Crippen molar-refractivity contribution < 1.29 is 9.47 Å². The first-order valence-electron chi connectivity index (χ1n) is 4.64. The van der Waals surface area contributed by atoms with Gasteiger partial charge in [0.25, 0.3) is 0 Å². The molecule has 0 aliphatic heterocycles. The second-order valence-electron chi connectivity index (χ2n) is 3.54. The van der Waals surface area contributed by atoms with Gasteiger partial charge in [0.1, 0.15) is 5.82 Å². The summed E-state index contributed by atoms with van der Waals surface area (Å²) in [7, 11) is 3.35. The predicted octanol–water partition coefficient (Wildman–Crippen LogP) is 0.973. The zero-order chi connectivity index (χ0) is 10.0. The quantitative estimate of drug-likeness (QED) is 0.706. The summed E-state index contributed by atoms with van der Waals surface area (Å²) in [5.74, 6) is 0.563. The summed E-state index contributed by atoms with van der Waals surface area (Å²) < 4.78 is 10.6. The van der Waals surface area contributed by atoms with Crippen LogP contribution in [0.5, 0.6) is 0 Å². The van der Waals surface area contributed by atoms with Crippen molar-refractivity contribution in [2.24, 2.45) is 0 Å². The highest BCUT2D eigenvalue weighted by molar-refractivity contribution is 5.34. The summed E-state index contributed by atoms with van der Waals surface area (Å²) in [6.07, 6.45) is 3.44. The van der Waals surface area contributed by atoms with Crippen molar-refractivity contribution in [3.63, 3.8) is 0 Å². The number of nitrogens with zero attached hydrogens (tertiary/aromatic N) is 1. The van der Waals surface area contributed by atoms with Crippen LogP contribution in [0.4, 0.5) is 5.82 Å². The average Bonchev–Trinajstić information content (AvgIpc) is 2.63. The monoisotopic (exact) mass is 197 g/mol. The van der Waals surface area contributed by atoms with Gasteiger partial charge in [-0.25, -0.2) is 0 Å². The van der Waals surface area contributed by atoms with Gasteiger partial charge in [0, 0.05) is 33.1 Å². The molecule has 1 aliphatic rings. The van der Waals surface area contributed by atoms with Crippen LogP contribution in [0.3, 0.4) is 0 Å². The van der Waals surface area contributed by atoms with Crippen LogP contribution in [0.15, 0.2) is 12.3 Å². The van der Waals surface area contributed by atoms with Crippen molar-refractivity contribution in [3.8, 4) is 0 Å². The molecule has 0 radical (unpaired) electrons. The molecule has 0 aromatic carbocycles. The van der Waals surface area contributed by atoms with E-state index in [9.17, 15) is 0 Å². The Labute approximate surface area is 82.8 Å². The minimum Gasteiger partial charge on any atom is -0.367 e. The van der Waals surface area contributed by atoms with Gasteiger partial charge in [-0.15, -0.1) is 0 Å². The summed E-state index contributed by atoms with van der Waals surface area (Å²) in [5, 5.41) is 10.0. The normalized spacial score (nSPS) is 20.4. The molecular formula is C9H15N3O2. The van der Waals surface area contributed by atoms with Gasteiger partial charge < -0.3 is 14.8 Å². The number of anilines is 1. The van der Waals surface area contributed by atoms with Crippen molar-refractivity contribution in [2.75, 3.05) is 19.5 Å². The number of ether oxygens (including phenoxy) is 2. The van der Waals surface area contributed by atoms with Gasteiger partial charge in [-0.05, 0) is 6.07 Å². The van der Waals surface area contributed by atoms with E-state index in [1.807, 2.05) is 6.07 Å². The number of H-pyrrole nitrogens is 1. The lowest BCUT2D eigenvalue weighted by Gasteiger charge is -2.45. The largest absolute Gasteiger partial charge is 0.367 e. The lowest BCUT2D eigenvalue weighted by atomic mass is 9.85. The van der Waals surface area contributed by atoms with Crippen LogP contribution >= 0.6 is 0 Å². The standard InChI is InChI=1S/C9H15N3O2/c1-13-9(14-2)5-7(6-9)11-8-3-4-10-12-8/h3-4,7H,5-6H2,1-2H3,(H2,10,11,12). The molecule has 2 rings (SSSR count). The molecule has 0 unspecified atom stereocenters. The van der Waals surface area contributed by atoms with E-state index in [0.29, 0.717) is 6.04 Å². The second kappa shape index (κ2) is 3.59. The van der Waals surface area contributed by atoms with E-state index in [-0.39, 0.29) is 5.79 Å². The van der Waals surface area contributed by atoms with Crippen LogP contribution < -0.4 is 5.32 Å². The Morgan fingerprint density at radius 2 is 2.21 bits per heavy atom. The molecule has 0 amide bonds. The first-order chi connectivity index (χ1) is 6.78. The predicted molar refractivity (Wildman–Crippen MR) is 52.0 cm³/mol. The maximum Gasteiger partial charge on any atom is 0.171 e. The summed E-state index contributed by atoms with van der Waals surface area (Å²) in [6, 6.07) is 2.30. The topological polar surface area (TPSA) is 59.2 Å². The Morgan fingerprint density at radius 3 is 2.71 bits per heavy atom. The number of nitrogens with one attached hydrogen (secondary N) is 2. The smallest absolute Gasteiger partial charge is 0.171 e. The van der Waals surface area contributed by atoms with Crippen LogP contribution in [-0.2, 0) is 9.47 Å². The molecule has 2 N–H and O–H groups in total. The highest BCUT2D eigenvalue weighted by Gasteiger charge is 2.45. The number of methoxy groups -OCH3 is 2. The van der Waals surface area contributed by atoms with E-state index in [0.717, 1.165) is 18.7 Å². The first-order valence-corrected chi connectivity index (χ1v) is 4.64. The maximum atomic E-state index is 5.28. The number of hydrogen-bond acceptors (Lipinski definition) is 4. The van der Waals surface area contributed by atoms with E-state index in [1.165, 1.54) is 0 Å². The van der Waals surface area contributed by atoms with Crippen LogP contribution in [-0.4, -0.2) is 36.2 Å². The summed E-state index contributed by atoms with van der Waals surface area (Å²) in [4.78, 5) is 0. The summed E-state index contributed by atoms with van der Waals surface area (Å²) >= 11 is 0. The molecule has 14 heavy (non-hydrogen) atoms. The van der Waals surface area contributed by atoms with Crippen molar-refractivity contribution in [3.05, 3.63) is 12.3 Å². The van der Waals surface area contributed by atoms with Crippen LogP contribution in [0.25, 0.3) is 0 Å². The molecule has 78 valence electrons. The average molecular weight is 197 g/mol. The van der Waals surface area contributed by atoms with E-state index in [1.54, 1.807) is 20.4 Å². The third-order valence-corrected chi connectivity index (χ3v) is 2.72. The van der Waals surface area contributed by atoms with Gasteiger partial charge >= 0.3 is 0 Å². The minimum absolute atomic E-state index is 0.377. The van der Waals surface area contributed by atoms with Crippen molar-refractivity contribution in [2.45, 2.75) is 24.7 Å². The second-order valence-corrected chi connectivity index (χ2v) is 3.54. The van der Waals surface area contributed by atoms with Crippen molar-refractivity contribution in [1.29, 1.82) is 0 Å². The molecule has 1 heterocycles. The van der Waals surface area contributed by atoms with E-state index >= 15 is 0 Å². The fourth-order valence-corrected chi connectivity index (χ4v) is 1.77. The Kier molecular flexibility index (Phi) is 2.43. The van der Waals surface area contributed by atoms with E-state index < -0.39 is 0 Å². The Hall–Kier alpha value is -1.07. The molecular weight excluding hydrogens is 182 g/mol. The molecule has 1 aliphatic carbocycles. The highest BCUT2D eigenvalue weighted by atomic mass is 16.7. The fourth-order valence-electron chi connectivity index (χ4n) is 1.77. The minimum atomic E-state index is -0.377. The molecule has 1 aromatic rings. The summed E-state index contributed by atoms with van der Waals surface area (Å²) in [5.41, 5.74) is 0. The zero-order valence-electron chi connectivity index (χ0n) is 8.41. The van der Waals surface area contributed by atoms with Crippen molar-refractivity contribution >= 4 is 5.82 Å². The number of aromatic amines is 1. The lowest BCUT2D eigenvalue weighted by Crippen LogP contribution is -2.53. The Morgan fingerprint density at radius 1 is 1.50 bits per heavy atom. The Bertz CT molecular complexity index is 274. The number of hydrogen-bond donors (Lipinski definition) is 2. The fraction of sp³-hybridized carbons (Fsp3) is 0.667. The van der Waals surface area contributed by atoms with Gasteiger partial charge in [0.2, 0.25) is 0 Å². The highest BCUT2D eigenvalue weighted by Crippen LogP contribution is 2.37. The molecule has 1 aromatic heterocycles. The molecule has 0 atom stereocenters. The third-order valence-electron chi connectivity index (χ3n) is 2.72. The molecule has 0 saturated heterocycles. The van der Waals surface area contributed by atoms with Crippen LogP contribution in [0.1, 0.15) is 12.8 Å². The van der Waals surface area contributed by atoms with Gasteiger partial charge in [-0.1, -0.05) is 0 Å². The van der Waals surface area contributed by atoms with E-state index in [4.69, 9.17) is 9.47 Å². The van der Waals surface area contributed by atoms with E-state index in [2.05, 4.69) is 15.5 Å². The van der Waals surface area contributed by atoms with Gasteiger partial charge in [-0.2, -0.15) is 5.10 Å². The summed E-state index contributed by atoms with van der Waals surface area (Å²) in [6.45, 7) is 0. The molecule has 0 spiro atoms. The van der Waals surface area contributed by atoms with Crippen LogP contribution in [0.2, 0.25) is 0 Å². The molecule has 0 bridgehead atoms. The third kappa shape index (κ3) is 1.60. The van der Waals surface area contributed by atoms with Gasteiger partial charge in [0.05, 0.1) is 6.20 Å². The van der Waals surface area contributed by atoms with Crippen molar-refractivity contribution in [1.82, 2.24) is 10.2 Å². The van der Waals surface area contributed by atoms with Gasteiger partial charge in [0.15, 0.2) is 5.79 Å². The Balaban J connectivity index is 1.83. The van der Waals surface area contributed by atoms with Crippen LogP contribution in [0, 0.1) is 0 Å². The lowest BCUT2D eigenvalue weighted by molar-refractivity contribution is -0.253. The number of aromatic nitrogens is 2. The maximum absolute atomic E-state index is 5.28. The SMILES string of the molecule is COC1(OC)CC(Nc2ccn[nH]2)C1. The molecule has 1 saturated carbocycles. The zero-order valence-corrected chi connectivity index (χ0v) is 8.41. The van der Waals surface area contributed by atoms with Gasteiger partial charge in [-0.3, -0.25) is 5.10 Å².